The van der Waals surface area contributed by atoms with Gasteiger partial charge in [0.1, 0.15) is 12.1 Å². The van der Waals surface area contributed by atoms with Crippen molar-refractivity contribution in [3.8, 4) is 0 Å². The van der Waals surface area contributed by atoms with Crippen molar-refractivity contribution >= 4 is 12.1 Å². The topological polar surface area (TPSA) is 34.1 Å². The molecule has 0 spiro atoms. The summed E-state index contributed by atoms with van der Waals surface area (Å²) in [6.07, 6.45) is 2.90. The van der Waals surface area contributed by atoms with Crippen molar-refractivity contribution in [2.24, 2.45) is 11.3 Å². The number of carbonyl (C=O) groups excluding carboxylic acids is 2. The van der Waals surface area contributed by atoms with Gasteiger partial charge in [0.25, 0.3) is 0 Å². The molecule has 0 aliphatic heterocycles. The summed E-state index contributed by atoms with van der Waals surface area (Å²) in [5.74, 6) is 0.408. The van der Waals surface area contributed by atoms with E-state index in [0.29, 0.717) is 12.8 Å². The van der Waals surface area contributed by atoms with E-state index >= 15 is 0 Å². The average molecular weight is 184 g/mol. The van der Waals surface area contributed by atoms with Crippen molar-refractivity contribution in [3.63, 3.8) is 0 Å². The fourth-order valence-corrected chi connectivity index (χ4v) is 1.65. The fraction of sp³-hybridized carbons (Fsp3) is 0.818. The lowest BCUT2D eigenvalue weighted by atomic mass is 9.81. The van der Waals surface area contributed by atoms with E-state index in [0.717, 1.165) is 12.7 Å². The monoisotopic (exact) mass is 184 g/mol. The molecule has 0 saturated carbocycles. The maximum atomic E-state index is 10.9. The highest BCUT2D eigenvalue weighted by atomic mass is 16.1. The van der Waals surface area contributed by atoms with E-state index in [9.17, 15) is 9.59 Å². The Balaban J connectivity index is 4.09. The lowest BCUT2D eigenvalue weighted by molar-refractivity contribution is -0.118. The van der Waals surface area contributed by atoms with E-state index in [-0.39, 0.29) is 17.1 Å². The summed E-state index contributed by atoms with van der Waals surface area (Å²) in [6, 6.07) is 0. The Morgan fingerprint density at radius 1 is 1.38 bits per heavy atom. The van der Waals surface area contributed by atoms with Gasteiger partial charge in [-0.15, -0.1) is 0 Å². The third kappa shape index (κ3) is 7.69. The SMILES string of the molecule is CC(=O)CC(CC=O)CC(C)(C)C. The lowest BCUT2D eigenvalue weighted by Crippen LogP contribution is -2.16. The van der Waals surface area contributed by atoms with E-state index in [1.54, 1.807) is 6.92 Å². The smallest absolute Gasteiger partial charge is 0.130 e. The van der Waals surface area contributed by atoms with Gasteiger partial charge in [0, 0.05) is 12.8 Å². The quantitative estimate of drug-likeness (QED) is 0.615. The standard InChI is InChI=1S/C11H20O2/c1-9(13)7-10(5-6-12)8-11(2,3)4/h6,10H,5,7-8H2,1-4H3. The highest BCUT2D eigenvalue weighted by Gasteiger charge is 2.19. The van der Waals surface area contributed by atoms with Crippen LogP contribution in [0.15, 0.2) is 0 Å². The second-order valence-electron chi connectivity index (χ2n) is 4.94. The molecule has 0 aliphatic rings. The van der Waals surface area contributed by atoms with E-state index in [1.807, 2.05) is 0 Å². The van der Waals surface area contributed by atoms with Gasteiger partial charge >= 0.3 is 0 Å². The molecule has 2 heteroatoms. The Hall–Kier alpha value is -0.660. The van der Waals surface area contributed by atoms with Crippen LogP contribution in [0, 0.1) is 11.3 Å². The number of Topliss-reactive ketones (excluding diaryl/α,β-unsaturated/α-hetero) is 1. The molecule has 0 saturated heterocycles. The molecule has 0 aromatic rings. The van der Waals surface area contributed by atoms with Gasteiger partial charge in [0.2, 0.25) is 0 Å². The first-order chi connectivity index (χ1) is 5.85. The van der Waals surface area contributed by atoms with E-state index in [2.05, 4.69) is 20.8 Å². The largest absolute Gasteiger partial charge is 0.303 e. The van der Waals surface area contributed by atoms with Gasteiger partial charge < -0.3 is 9.59 Å². The van der Waals surface area contributed by atoms with Crippen LogP contribution in [0.3, 0.4) is 0 Å². The lowest BCUT2D eigenvalue weighted by Gasteiger charge is -2.23. The number of hydrogen-bond acceptors (Lipinski definition) is 2. The Kier molecular flexibility index (Phi) is 4.89. The molecule has 1 atom stereocenters. The van der Waals surface area contributed by atoms with Gasteiger partial charge in [0.05, 0.1) is 0 Å². The molecule has 1 unspecified atom stereocenters. The first-order valence-electron chi connectivity index (χ1n) is 4.78. The molecule has 2 nitrogen and oxygen atoms in total. The van der Waals surface area contributed by atoms with Gasteiger partial charge in [-0.25, -0.2) is 0 Å². The summed E-state index contributed by atoms with van der Waals surface area (Å²) in [6.45, 7) is 7.97. The van der Waals surface area contributed by atoms with Crippen LogP contribution in [-0.2, 0) is 9.59 Å². The maximum Gasteiger partial charge on any atom is 0.130 e. The minimum absolute atomic E-state index is 0.177. The summed E-state index contributed by atoms with van der Waals surface area (Å²) in [7, 11) is 0. The maximum absolute atomic E-state index is 10.9. The van der Waals surface area contributed by atoms with E-state index in [1.165, 1.54) is 0 Å². The number of hydrogen-bond donors (Lipinski definition) is 0. The number of ketones is 1. The molecule has 0 amide bonds. The minimum Gasteiger partial charge on any atom is -0.303 e. The fourth-order valence-electron chi connectivity index (χ4n) is 1.65. The summed E-state index contributed by atoms with van der Waals surface area (Å²) in [4.78, 5) is 21.3. The van der Waals surface area contributed by atoms with Crippen LogP contribution in [-0.4, -0.2) is 12.1 Å². The first kappa shape index (κ1) is 12.3. The molecule has 0 aromatic carbocycles. The number of aldehydes is 1. The third-order valence-electron chi connectivity index (χ3n) is 1.91. The van der Waals surface area contributed by atoms with E-state index in [4.69, 9.17) is 0 Å². The molecule has 0 aliphatic carbocycles. The zero-order valence-corrected chi connectivity index (χ0v) is 9.09. The molecule has 13 heavy (non-hydrogen) atoms. The third-order valence-corrected chi connectivity index (χ3v) is 1.91. The van der Waals surface area contributed by atoms with Crippen molar-refractivity contribution in [3.05, 3.63) is 0 Å². The Labute approximate surface area is 80.7 Å². The summed E-state index contributed by atoms with van der Waals surface area (Å²) in [5.41, 5.74) is 0.198. The second kappa shape index (κ2) is 5.15. The van der Waals surface area contributed by atoms with Crippen LogP contribution < -0.4 is 0 Å². The zero-order valence-electron chi connectivity index (χ0n) is 9.09. The van der Waals surface area contributed by atoms with Gasteiger partial charge in [0.15, 0.2) is 0 Å². The van der Waals surface area contributed by atoms with Crippen molar-refractivity contribution in [1.29, 1.82) is 0 Å². The molecule has 0 radical (unpaired) electrons. The van der Waals surface area contributed by atoms with Crippen molar-refractivity contribution in [2.45, 2.75) is 47.0 Å². The Morgan fingerprint density at radius 3 is 2.23 bits per heavy atom. The zero-order chi connectivity index (χ0) is 10.5. The van der Waals surface area contributed by atoms with Gasteiger partial charge in [-0.1, -0.05) is 20.8 Å². The molecular formula is C11H20O2. The van der Waals surface area contributed by atoms with Crippen LogP contribution in [0.1, 0.15) is 47.0 Å². The van der Waals surface area contributed by atoms with Crippen LogP contribution in [0.2, 0.25) is 0 Å². The van der Waals surface area contributed by atoms with Crippen LogP contribution >= 0.6 is 0 Å². The summed E-state index contributed by atoms with van der Waals surface area (Å²) >= 11 is 0. The predicted molar refractivity (Wildman–Crippen MR) is 53.5 cm³/mol. The van der Waals surface area contributed by atoms with Gasteiger partial charge in [-0.05, 0) is 24.7 Å². The molecular weight excluding hydrogens is 164 g/mol. The normalized spacial score (nSPS) is 13.8. The number of carbonyl (C=O) groups is 2. The van der Waals surface area contributed by atoms with E-state index < -0.39 is 0 Å². The predicted octanol–water partition coefficient (Wildman–Crippen LogP) is 2.61. The number of rotatable bonds is 5. The Bertz CT molecular complexity index is 177. The molecule has 76 valence electrons. The van der Waals surface area contributed by atoms with Gasteiger partial charge in [-0.3, -0.25) is 0 Å². The molecule has 0 N–H and O–H groups in total. The van der Waals surface area contributed by atoms with Crippen LogP contribution in [0.25, 0.3) is 0 Å². The van der Waals surface area contributed by atoms with Crippen molar-refractivity contribution in [1.82, 2.24) is 0 Å². The Morgan fingerprint density at radius 2 is 1.92 bits per heavy atom. The van der Waals surface area contributed by atoms with Gasteiger partial charge in [-0.2, -0.15) is 0 Å². The molecule has 0 heterocycles. The molecule has 0 rings (SSSR count). The average Bonchev–Trinajstić information content (AvgIpc) is 1.81. The van der Waals surface area contributed by atoms with Crippen molar-refractivity contribution in [2.75, 3.05) is 0 Å². The summed E-state index contributed by atoms with van der Waals surface area (Å²) in [5, 5.41) is 0. The molecule has 0 fully saturated rings. The highest BCUT2D eigenvalue weighted by Crippen LogP contribution is 2.27. The van der Waals surface area contributed by atoms with Crippen LogP contribution in [0.5, 0.6) is 0 Å². The molecule has 0 bridgehead atoms. The first-order valence-corrected chi connectivity index (χ1v) is 4.78. The highest BCUT2D eigenvalue weighted by molar-refractivity contribution is 5.76. The summed E-state index contributed by atoms with van der Waals surface area (Å²) < 4.78 is 0. The van der Waals surface area contributed by atoms with Crippen molar-refractivity contribution < 1.29 is 9.59 Å². The second-order valence-corrected chi connectivity index (χ2v) is 4.94. The minimum atomic E-state index is 0.177. The van der Waals surface area contributed by atoms with Crippen LogP contribution in [0.4, 0.5) is 0 Å². The molecule has 0 aromatic heterocycles.